The Kier molecular flexibility index (Phi) is 3.01. The molecule has 0 amide bonds. The molecular weight excluding hydrogens is 196 g/mol. The van der Waals surface area contributed by atoms with E-state index in [0.29, 0.717) is 0 Å². The molecule has 2 heterocycles. The molecule has 82 valence electrons. The first-order chi connectivity index (χ1) is 7.25. The van der Waals surface area contributed by atoms with Gasteiger partial charge in [0.05, 0.1) is 12.1 Å². The quantitative estimate of drug-likeness (QED) is 0.805. The smallest absolute Gasteiger partial charge is 0.306 e. The Balaban J connectivity index is 1.81. The molecule has 5 heteroatoms. The molecule has 15 heavy (non-hydrogen) atoms. The van der Waals surface area contributed by atoms with Gasteiger partial charge in [-0.05, 0) is 25.9 Å². The van der Waals surface area contributed by atoms with Gasteiger partial charge < -0.3 is 9.63 Å². The van der Waals surface area contributed by atoms with Gasteiger partial charge in [-0.15, -0.1) is 0 Å². The van der Waals surface area contributed by atoms with Crippen molar-refractivity contribution < 1.29 is 14.4 Å². The fraction of sp³-hybridized carbons (Fsp3) is 0.600. The minimum Gasteiger partial charge on any atom is -0.481 e. The number of carboxylic acid groups (broad SMARTS) is 1. The third-order valence-corrected chi connectivity index (χ3v) is 2.83. The third kappa shape index (κ3) is 2.56. The molecule has 1 aliphatic rings. The molecule has 0 spiro atoms. The molecule has 1 aliphatic heterocycles. The number of hydrogen-bond acceptors (Lipinski definition) is 4. The SMILES string of the molecule is O=C(O)C1CCN(Cc2cnoc2)CC1. The maximum atomic E-state index is 10.7. The van der Waals surface area contributed by atoms with E-state index >= 15 is 0 Å². The number of piperidine rings is 1. The Morgan fingerprint density at radius 1 is 1.60 bits per heavy atom. The fourth-order valence-electron chi connectivity index (χ4n) is 1.90. The fourth-order valence-corrected chi connectivity index (χ4v) is 1.90. The number of nitrogens with zero attached hydrogens (tertiary/aromatic N) is 2. The first-order valence-corrected chi connectivity index (χ1v) is 5.09. The molecule has 1 aromatic rings. The van der Waals surface area contributed by atoms with Gasteiger partial charge in [0.25, 0.3) is 0 Å². The summed E-state index contributed by atoms with van der Waals surface area (Å²) in [4.78, 5) is 13.0. The molecule has 1 aromatic heterocycles. The summed E-state index contributed by atoms with van der Waals surface area (Å²) in [6.45, 7) is 2.47. The second kappa shape index (κ2) is 4.44. The molecule has 5 nitrogen and oxygen atoms in total. The standard InChI is InChI=1S/C10H14N2O3/c13-10(14)9-1-3-12(4-2-9)6-8-5-11-15-7-8/h5,7,9H,1-4,6H2,(H,13,14). The van der Waals surface area contributed by atoms with Crippen LogP contribution in [0.25, 0.3) is 0 Å². The minimum absolute atomic E-state index is 0.163. The highest BCUT2D eigenvalue weighted by molar-refractivity contribution is 5.70. The summed E-state index contributed by atoms with van der Waals surface area (Å²) in [6.07, 6.45) is 4.80. The summed E-state index contributed by atoms with van der Waals surface area (Å²) < 4.78 is 4.74. The summed E-state index contributed by atoms with van der Waals surface area (Å²) in [5.41, 5.74) is 1.05. The lowest BCUT2D eigenvalue weighted by atomic mass is 9.97. The van der Waals surface area contributed by atoms with Crippen molar-refractivity contribution >= 4 is 5.97 Å². The van der Waals surface area contributed by atoms with E-state index < -0.39 is 5.97 Å². The molecule has 0 saturated carbocycles. The van der Waals surface area contributed by atoms with Gasteiger partial charge in [-0.2, -0.15) is 0 Å². The zero-order valence-corrected chi connectivity index (χ0v) is 8.43. The van der Waals surface area contributed by atoms with Crippen LogP contribution in [0.2, 0.25) is 0 Å². The van der Waals surface area contributed by atoms with Crippen molar-refractivity contribution in [1.82, 2.24) is 10.1 Å². The molecule has 0 aromatic carbocycles. The zero-order valence-electron chi connectivity index (χ0n) is 8.43. The lowest BCUT2D eigenvalue weighted by molar-refractivity contribution is -0.143. The van der Waals surface area contributed by atoms with E-state index in [4.69, 9.17) is 9.63 Å². The van der Waals surface area contributed by atoms with E-state index in [9.17, 15) is 4.79 Å². The number of carbonyl (C=O) groups is 1. The number of aliphatic carboxylic acids is 1. The average molecular weight is 210 g/mol. The van der Waals surface area contributed by atoms with Gasteiger partial charge in [0, 0.05) is 12.1 Å². The number of carboxylic acids is 1. The van der Waals surface area contributed by atoms with Crippen LogP contribution >= 0.6 is 0 Å². The predicted octanol–water partition coefficient (Wildman–Crippen LogP) is 0.971. The van der Waals surface area contributed by atoms with Crippen molar-refractivity contribution in [2.24, 2.45) is 5.92 Å². The van der Waals surface area contributed by atoms with Gasteiger partial charge in [-0.25, -0.2) is 0 Å². The third-order valence-electron chi connectivity index (χ3n) is 2.83. The topological polar surface area (TPSA) is 66.6 Å². The average Bonchev–Trinajstić information content (AvgIpc) is 2.71. The highest BCUT2D eigenvalue weighted by Gasteiger charge is 2.24. The van der Waals surface area contributed by atoms with Crippen LogP contribution in [0.4, 0.5) is 0 Å². The van der Waals surface area contributed by atoms with Crippen molar-refractivity contribution in [1.29, 1.82) is 0 Å². The molecule has 1 fully saturated rings. The van der Waals surface area contributed by atoms with E-state index in [-0.39, 0.29) is 5.92 Å². The van der Waals surface area contributed by atoms with Crippen LogP contribution in [0.15, 0.2) is 17.0 Å². The van der Waals surface area contributed by atoms with Crippen LogP contribution in [-0.2, 0) is 11.3 Å². The van der Waals surface area contributed by atoms with Crippen molar-refractivity contribution in [2.75, 3.05) is 13.1 Å². The Hall–Kier alpha value is -1.36. The number of rotatable bonds is 3. The van der Waals surface area contributed by atoms with Crippen LogP contribution in [0.1, 0.15) is 18.4 Å². The zero-order chi connectivity index (χ0) is 10.7. The second-order valence-electron chi connectivity index (χ2n) is 3.92. The largest absolute Gasteiger partial charge is 0.481 e. The molecule has 1 N–H and O–H groups in total. The molecule has 0 unspecified atom stereocenters. The van der Waals surface area contributed by atoms with E-state index in [1.165, 1.54) is 0 Å². The van der Waals surface area contributed by atoms with Gasteiger partial charge in [0.15, 0.2) is 0 Å². The van der Waals surface area contributed by atoms with Crippen LogP contribution in [0, 0.1) is 5.92 Å². The normalized spacial score (nSPS) is 19.2. The Bertz CT molecular complexity index is 315. The van der Waals surface area contributed by atoms with Gasteiger partial charge in [0.2, 0.25) is 0 Å². The molecule has 2 rings (SSSR count). The summed E-state index contributed by atoms with van der Waals surface area (Å²) in [7, 11) is 0. The van der Waals surface area contributed by atoms with Gasteiger partial charge in [0.1, 0.15) is 6.26 Å². The molecular formula is C10H14N2O3. The van der Waals surface area contributed by atoms with E-state index in [1.54, 1.807) is 12.5 Å². The Labute approximate surface area is 87.7 Å². The van der Waals surface area contributed by atoms with Crippen LogP contribution in [0.5, 0.6) is 0 Å². The maximum Gasteiger partial charge on any atom is 0.306 e. The van der Waals surface area contributed by atoms with Gasteiger partial charge >= 0.3 is 5.97 Å². The summed E-state index contributed by atoms with van der Waals surface area (Å²) in [5, 5.41) is 12.5. The number of aromatic nitrogens is 1. The molecule has 0 aliphatic carbocycles. The monoisotopic (exact) mass is 210 g/mol. The summed E-state index contributed by atoms with van der Waals surface area (Å²) in [6, 6.07) is 0. The maximum absolute atomic E-state index is 10.7. The van der Waals surface area contributed by atoms with Crippen molar-refractivity contribution in [3.05, 3.63) is 18.0 Å². The van der Waals surface area contributed by atoms with E-state index in [0.717, 1.165) is 38.0 Å². The van der Waals surface area contributed by atoms with Gasteiger partial charge in [-0.3, -0.25) is 9.69 Å². The molecule has 0 radical (unpaired) electrons. The highest BCUT2D eigenvalue weighted by atomic mass is 16.5. The molecule has 0 bridgehead atoms. The Morgan fingerprint density at radius 2 is 2.33 bits per heavy atom. The first kappa shape index (κ1) is 10.2. The van der Waals surface area contributed by atoms with Crippen molar-refractivity contribution in [2.45, 2.75) is 19.4 Å². The molecule has 0 atom stereocenters. The molecule has 1 saturated heterocycles. The van der Waals surface area contributed by atoms with E-state index in [2.05, 4.69) is 10.1 Å². The van der Waals surface area contributed by atoms with Crippen LogP contribution in [-0.4, -0.2) is 34.2 Å². The van der Waals surface area contributed by atoms with Gasteiger partial charge in [-0.1, -0.05) is 5.16 Å². The second-order valence-corrected chi connectivity index (χ2v) is 3.92. The lowest BCUT2D eigenvalue weighted by Crippen LogP contribution is -2.35. The highest BCUT2D eigenvalue weighted by Crippen LogP contribution is 2.18. The summed E-state index contributed by atoms with van der Waals surface area (Å²) in [5.74, 6) is -0.830. The minimum atomic E-state index is -0.667. The number of likely N-dealkylation sites (tertiary alicyclic amines) is 1. The lowest BCUT2D eigenvalue weighted by Gasteiger charge is -2.29. The Morgan fingerprint density at radius 3 is 2.87 bits per heavy atom. The predicted molar refractivity (Wildman–Crippen MR) is 52.1 cm³/mol. The van der Waals surface area contributed by atoms with Crippen LogP contribution in [0.3, 0.4) is 0 Å². The summed E-state index contributed by atoms with van der Waals surface area (Å²) >= 11 is 0. The first-order valence-electron chi connectivity index (χ1n) is 5.09. The van der Waals surface area contributed by atoms with Crippen molar-refractivity contribution in [3.63, 3.8) is 0 Å². The van der Waals surface area contributed by atoms with Crippen LogP contribution < -0.4 is 0 Å². The number of hydrogen-bond donors (Lipinski definition) is 1. The van der Waals surface area contributed by atoms with E-state index in [1.807, 2.05) is 0 Å². The van der Waals surface area contributed by atoms with Crippen molar-refractivity contribution in [3.8, 4) is 0 Å².